The molecule has 0 radical (unpaired) electrons. The van der Waals surface area contributed by atoms with Crippen LogP contribution in [-0.2, 0) is 4.79 Å². The summed E-state index contributed by atoms with van der Waals surface area (Å²) >= 11 is 0. The SMILES string of the molecule is CCOc1cc(OC2CCN(C)CC2)cc(C(Nc2ccc(C(=N)N)cc2)C(=O)O)c1.Cl. The topological polar surface area (TPSA) is 121 Å². The quantitative estimate of drug-likeness (QED) is 0.332. The van der Waals surface area contributed by atoms with E-state index in [0.717, 1.165) is 25.9 Å². The summed E-state index contributed by atoms with van der Waals surface area (Å²) in [5, 5.41) is 20.4. The summed E-state index contributed by atoms with van der Waals surface area (Å²) < 4.78 is 11.9. The molecule has 1 atom stereocenters. The van der Waals surface area contributed by atoms with Crippen molar-refractivity contribution in [2.75, 3.05) is 32.1 Å². The van der Waals surface area contributed by atoms with Gasteiger partial charge < -0.3 is 30.5 Å². The number of nitrogens with zero attached hydrogens (tertiary/aromatic N) is 1. The molecule has 1 aliphatic rings. The number of rotatable bonds is 9. The summed E-state index contributed by atoms with van der Waals surface area (Å²) in [7, 11) is 2.09. The van der Waals surface area contributed by atoms with Gasteiger partial charge in [-0.15, -0.1) is 12.4 Å². The third-order valence-corrected chi connectivity index (χ3v) is 5.27. The summed E-state index contributed by atoms with van der Waals surface area (Å²) in [6, 6.07) is 11.1. The fourth-order valence-corrected chi connectivity index (χ4v) is 3.57. The lowest BCUT2D eigenvalue weighted by Gasteiger charge is -2.29. The molecule has 0 aliphatic carbocycles. The number of amidine groups is 1. The number of nitrogen functional groups attached to an aromatic ring is 1. The molecular weight excluding hydrogens is 432 g/mol. The van der Waals surface area contributed by atoms with Crippen molar-refractivity contribution in [1.82, 2.24) is 4.90 Å². The molecule has 2 aromatic carbocycles. The zero-order valence-corrected chi connectivity index (χ0v) is 19.2. The maximum Gasteiger partial charge on any atom is 0.330 e. The highest BCUT2D eigenvalue weighted by atomic mass is 35.5. The maximum atomic E-state index is 12.1. The first kappa shape index (κ1) is 25.3. The van der Waals surface area contributed by atoms with Crippen molar-refractivity contribution in [2.24, 2.45) is 5.73 Å². The lowest BCUT2D eigenvalue weighted by molar-refractivity contribution is -0.138. The van der Waals surface area contributed by atoms with Crippen molar-refractivity contribution in [1.29, 1.82) is 5.41 Å². The number of halogens is 1. The van der Waals surface area contributed by atoms with Crippen molar-refractivity contribution in [3.63, 3.8) is 0 Å². The Hall–Kier alpha value is -2.97. The summed E-state index contributed by atoms with van der Waals surface area (Å²) in [5.74, 6) is 0.120. The molecule has 0 bridgehead atoms. The second-order valence-electron chi connectivity index (χ2n) is 7.70. The molecule has 1 heterocycles. The number of carboxylic acids is 1. The van der Waals surface area contributed by atoms with E-state index in [9.17, 15) is 9.90 Å². The van der Waals surface area contributed by atoms with Gasteiger partial charge in [-0.1, -0.05) is 0 Å². The van der Waals surface area contributed by atoms with Gasteiger partial charge in [-0.3, -0.25) is 5.41 Å². The summed E-state index contributed by atoms with van der Waals surface area (Å²) in [5.41, 5.74) is 7.21. The molecule has 32 heavy (non-hydrogen) atoms. The number of hydrogen-bond acceptors (Lipinski definition) is 6. The number of hydrogen-bond donors (Lipinski definition) is 4. The van der Waals surface area contributed by atoms with Gasteiger partial charge in [0, 0.05) is 30.4 Å². The van der Waals surface area contributed by atoms with E-state index in [2.05, 4.69) is 17.3 Å². The van der Waals surface area contributed by atoms with Gasteiger partial charge in [-0.25, -0.2) is 4.79 Å². The fraction of sp³-hybridized carbons (Fsp3) is 0.391. The van der Waals surface area contributed by atoms with E-state index >= 15 is 0 Å². The van der Waals surface area contributed by atoms with Crippen molar-refractivity contribution in [3.8, 4) is 11.5 Å². The largest absolute Gasteiger partial charge is 0.494 e. The molecule has 174 valence electrons. The first-order valence-corrected chi connectivity index (χ1v) is 10.4. The Morgan fingerprint density at radius 2 is 1.84 bits per heavy atom. The van der Waals surface area contributed by atoms with Crippen LogP contribution in [0.3, 0.4) is 0 Å². The Morgan fingerprint density at radius 1 is 1.22 bits per heavy atom. The van der Waals surface area contributed by atoms with E-state index in [1.54, 1.807) is 36.4 Å². The number of nitrogens with one attached hydrogen (secondary N) is 2. The molecule has 0 aromatic heterocycles. The third-order valence-electron chi connectivity index (χ3n) is 5.27. The normalized spacial score (nSPS) is 15.3. The second kappa shape index (κ2) is 11.6. The Kier molecular flexibility index (Phi) is 9.16. The predicted octanol–water partition coefficient (Wildman–Crippen LogP) is 3.50. The molecule has 0 amide bonds. The van der Waals surface area contributed by atoms with Crippen LogP contribution in [0, 0.1) is 5.41 Å². The van der Waals surface area contributed by atoms with Crippen molar-refractivity contribution >= 4 is 29.9 Å². The van der Waals surface area contributed by atoms with Gasteiger partial charge in [-0.05, 0) is 68.8 Å². The number of piperidine rings is 1. The standard InChI is InChI=1S/C23H30N4O4.ClH/c1-3-30-19-12-16(13-20(14-19)31-18-8-10-27(2)11-9-18)21(23(28)29)26-17-6-4-15(5-7-17)22(24)25;/h4-7,12-14,18,21,26H,3,8-11H2,1-2H3,(H3,24,25)(H,28,29);1H. The van der Waals surface area contributed by atoms with Crippen molar-refractivity contribution < 1.29 is 19.4 Å². The number of carboxylic acid groups (broad SMARTS) is 1. The molecule has 0 saturated carbocycles. The van der Waals surface area contributed by atoms with Crippen LogP contribution in [0.4, 0.5) is 5.69 Å². The van der Waals surface area contributed by atoms with Crippen LogP contribution in [0.1, 0.15) is 36.9 Å². The number of benzene rings is 2. The molecule has 1 saturated heterocycles. The second-order valence-corrected chi connectivity index (χ2v) is 7.70. The Labute approximate surface area is 194 Å². The molecule has 2 aromatic rings. The van der Waals surface area contributed by atoms with Gasteiger partial charge in [0.25, 0.3) is 0 Å². The minimum absolute atomic E-state index is 0. The highest BCUT2D eigenvalue weighted by Gasteiger charge is 2.23. The van der Waals surface area contributed by atoms with Crippen molar-refractivity contribution in [2.45, 2.75) is 31.9 Å². The molecular formula is C23H31ClN4O4. The molecule has 5 N–H and O–H groups in total. The third kappa shape index (κ3) is 6.77. The predicted molar refractivity (Wildman–Crippen MR) is 127 cm³/mol. The van der Waals surface area contributed by atoms with E-state index in [-0.39, 0.29) is 24.3 Å². The Balaban J connectivity index is 0.00000363. The minimum Gasteiger partial charge on any atom is -0.494 e. The number of aliphatic carboxylic acids is 1. The number of likely N-dealkylation sites (tertiary alicyclic amines) is 1. The van der Waals surface area contributed by atoms with Gasteiger partial charge in [0.1, 0.15) is 23.4 Å². The molecule has 3 rings (SSSR count). The zero-order valence-electron chi connectivity index (χ0n) is 18.3. The molecule has 1 fully saturated rings. The van der Waals surface area contributed by atoms with Crippen molar-refractivity contribution in [3.05, 3.63) is 53.6 Å². The average molecular weight is 463 g/mol. The van der Waals surface area contributed by atoms with Crippen LogP contribution in [0.2, 0.25) is 0 Å². The molecule has 8 nitrogen and oxygen atoms in total. The van der Waals surface area contributed by atoms with E-state index in [0.29, 0.717) is 34.9 Å². The monoisotopic (exact) mass is 462 g/mol. The van der Waals surface area contributed by atoms with E-state index in [4.69, 9.17) is 20.6 Å². The van der Waals surface area contributed by atoms with Crippen LogP contribution in [-0.4, -0.2) is 54.7 Å². The van der Waals surface area contributed by atoms with Gasteiger partial charge >= 0.3 is 5.97 Å². The first-order chi connectivity index (χ1) is 14.9. The highest BCUT2D eigenvalue weighted by molar-refractivity contribution is 5.95. The molecule has 1 unspecified atom stereocenters. The van der Waals surface area contributed by atoms with Gasteiger partial charge in [0.2, 0.25) is 0 Å². The Morgan fingerprint density at radius 3 is 2.41 bits per heavy atom. The van der Waals surface area contributed by atoms with E-state index in [1.165, 1.54) is 0 Å². The van der Waals surface area contributed by atoms with E-state index in [1.807, 2.05) is 13.0 Å². The first-order valence-electron chi connectivity index (χ1n) is 10.4. The lowest BCUT2D eigenvalue weighted by Crippen LogP contribution is -2.35. The summed E-state index contributed by atoms with van der Waals surface area (Å²) in [6.07, 6.45) is 1.94. The van der Waals surface area contributed by atoms with Gasteiger partial charge in [0.15, 0.2) is 6.04 Å². The van der Waals surface area contributed by atoms with Crippen LogP contribution >= 0.6 is 12.4 Å². The minimum atomic E-state index is -1.02. The van der Waals surface area contributed by atoms with Gasteiger partial charge in [-0.2, -0.15) is 0 Å². The van der Waals surface area contributed by atoms with Gasteiger partial charge in [0.05, 0.1) is 6.61 Å². The number of carbonyl (C=O) groups is 1. The lowest BCUT2D eigenvalue weighted by atomic mass is 10.0. The molecule has 1 aliphatic heterocycles. The molecule has 9 heteroatoms. The number of ether oxygens (including phenoxy) is 2. The zero-order chi connectivity index (χ0) is 22.4. The van der Waals surface area contributed by atoms with Crippen LogP contribution in [0.5, 0.6) is 11.5 Å². The smallest absolute Gasteiger partial charge is 0.330 e. The Bertz CT molecular complexity index is 915. The highest BCUT2D eigenvalue weighted by Crippen LogP contribution is 2.31. The fourth-order valence-electron chi connectivity index (χ4n) is 3.57. The van der Waals surface area contributed by atoms with Crippen LogP contribution in [0.25, 0.3) is 0 Å². The average Bonchev–Trinajstić information content (AvgIpc) is 2.74. The summed E-state index contributed by atoms with van der Waals surface area (Å²) in [6.45, 7) is 4.29. The number of nitrogens with two attached hydrogens (primary N) is 1. The maximum absolute atomic E-state index is 12.1. The summed E-state index contributed by atoms with van der Waals surface area (Å²) in [4.78, 5) is 14.3. The van der Waals surface area contributed by atoms with Crippen LogP contribution in [0.15, 0.2) is 42.5 Å². The van der Waals surface area contributed by atoms with E-state index < -0.39 is 12.0 Å². The number of anilines is 1. The van der Waals surface area contributed by atoms with Crippen LogP contribution < -0.4 is 20.5 Å². The molecule has 0 spiro atoms.